The van der Waals surface area contributed by atoms with Gasteiger partial charge in [0.1, 0.15) is 0 Å². The van der Waals surface area contributed by atoms with Crippen LogP contribution in [0.5, 0.6) is 0 Å². The van der Waals surface area contributed by atoms with E-state index in [0.717, 1.165) is 57.0 Å². The van der Waals surface area contributed by atoms with Crippen molar-refractivity contribution in [2.24, 2.45) is 0 Å². The van der Waals surface area contributed by atoms with Crippen molar-refractivity contribution >= 4 is 35.0 Å². The number of thiophene rings is 1. The van der Waals surface area contributed by atoms with Gasteiger partial charge in [0.15, 0.2) is 0 Å². The number of carbonyl (C=O) groups excluding carboxylic acids is 1. The second kappa shape index (κ2) is 12.0. The summed E-state index contributed by atoms with van der Waals surface area (Å²) in [5.74, 6) is -1.24. The van der Waals surface area contributed by atoms with E-state index in [0.29, 0.717) is 4.88 Å². The molecule has 0 radical (unpaired) electrons. The van der Waals surface area contributed by atoms with E-state index in [-0.39, 0.29) is 24.1 Å². The number of hydrogen-bond acceptors (Lipinski definition) is 4. The molecule has 9 heteroatoms. The molecular weight excluding hydrogens is 507 g/mol. The lowest BCUT2D eigenvalue weighted by molar-refractivity contribution is -0.138. The number of carbonyl (C=O) groups is 2. The van der Waals surface area contributed by atoms with Gasteiger partial charge < -0.3 is 10.4 Å². The number of carboxylic acid groups (broad SMARTS) is 1. The molecule has 3 rings (SSSR count). The Bertz CT molecular complexity index is 1200. The van der Waals surface area contributed by atoms with Crippen molar-refractivity contribution in [2.45, 2.75) is 56.4 Å². The lowest BCUT2D eigenvalue weighted by atomic mass is 9.95. The standard InChI is InChI=1S/C27H28F3NO3S2/c1-4-5-21(22-10-11-23(36-22)26(34)31-13-12-24(32)33)35-20-14-16(2)25(17(3)15-20)18-6-8-19(9-7-18)27(28,29)30/h6-11,14-15,21H,4-5,12-13H2,1-3H3,(H,31,34)(H,32,33)/t21-/m1/s1. The van der Waals surface area contributed by atoms with Crippen molar-refractivity contribution in [3.05, 3.63) is 75.0 Å². The fraction of sp³-hybridized carbons (Fsp3) is 0.333. The van der Waals surface area contributed by atoms with Gasteiger partial charge in [-0.1, -0.05) is 25.5 Å². The van der Waals surface area contributed by atoms with Crippen molar-refractivity contribution in [1.82, 2.24) is 5.32 Å². The average molecular weight is 536 g/mol. The Morgan fingerprint density at radius 3 is 2.25 bits per heavy atom. The minimum atomic E-state index is -4.36. The summed E-state index contributed by atoms with van der Waals surface area (Å²) in [4.78, 5) is 25.7. The summed E-state index contributed by atoms with van der Waals surface area (Å²) in [7, 11) is 0. The maximum atomic E-state index is 12.9. The molecule has 0 aliphatic rings. The number of aliphatic carboxylic acids is 1. The lowest BCUT2D eigenvalue weighted by Crippen LogP contribution is -2.25. The van der Waals surface area contributed by atoms with Gasteiger partial charge in [-0.2, -0.15) is 13.2 Å². The largest absolute Gasteiger partial charge is 0.481 e. The Kier molecular flexibility index (Phi) is 9.24. The van der Waals surface area contributed by atoms with E-state index in [2.05, 4.69) is 24.4 Å². The molecule has 2 aromatic carbocycles. The van der Waals surface area contributed by atoms with Gasteiger partial charge in [-0.3, -0.25) is 9.59 Å². The predicted molar refractivity (Wildman–Crippen MR) is 139 cm³/mol. The first-order chi connectivity index (χ1) is 17.0. The SMILES string of the molecule is CCC[C@@H](Sc1cc(C)c(-c2ccc(C(F)(F)F)cc2)c(C)c1)c1ccc(C(=O)NCCC(=O)O)s1. The molecule has 0 unspecified atom stereocenters. The fourth-order valence-electron chi connectivity index (χ4n) is 3.98. The Morgan fingerprint density at radius 1 is 1.06 bits per heavy atom. The molecule has 0 spiro atoms. The van der Waals surface area contributed by atoms with Crippen LogP contribution in [-0.4, -0.2) is 23.5 Å². The van der Waals surface area contributed by atoms with Crippen LogP contribution in [0.3, 0.4) is 0 Å². The number of rotatable bonds is 10. The Balaban J connectivity index is 1.78. The molecule has 0 fully saturated rings. The topological polar surface area (TPSA) is 66.4 Å². The van der Waals surface area contributed by atoms with Crippen molar-refractivity contribution in [3.63, 3.8) is 0 Å². The molecule has 3 aromatic rings. The van der Waals surface area contributed by atoms with E-state index in [9.17, 15) is 22.8 Å². The van der Waals surface area contributed by atoms with Crippen LogP contribution in [-0.2, 0) is 11.0 Å². The van der Waals surface area contributed by atoms with E-state index in [1.54, 1.807) is 17.8 Å². The van der Waals surface area contributed by atoms with Crippen LogP contribution in [0.1, 0.15) is 62.7 Å². The smallest absolute Gasteiger partial charge is 0.416 e. The highest BCUT2D eigenvalue weighted by molar-refractivity contribution is 7.99. The Hall–Kier alpha value is -2.78. The van der Waals surface area contributed by atoms with E-state index < -0.39 is 17.7 Å². The van der Waals surface area contributed by atoms with Crippen LogP contribution in [0.15, 0.2) is 53.4 Å². The van der Waals surface area contributed by atoms with Crippen molar-refractivity contribution < 1.29 is 27.9 Å². The molecule has 1 aromatic heterocycles. The second-order valence-corrected chi connectivity index (χ2v) is 10.9. The maximum absolute atomic E-state index is 12.9. The van der Waals surface area contributed by atoms with Gasteiger partial charge in [0.2, 0.25) is 0 Å². The number of carboxylic acids is 1. The van der Waals surface area contributed by atoms with E-state index >= 15 is 0 Å². The third kappa shape index (κ3) is 7.13. The zero-order valence-electron chi connectivity index (χ0n) is 20.2. The number of benzene rings is 2. The van der Waals surface area contributed by atoms with Gasteiger partial charge in [0, 0.05) is 21.6 Å². The molecule has 4 nitrogen and oxygen atoms in total. The Labute approximate surface area is 216 Å². The highest BCUT2D eigenvalue weighted by atomic mass is 32.2. The lowest BCUT2D eigenvalue weighted by Gasteiger charge is -2.18. The van der Waals surface area contributed by atoms with Crippen LogP contribution >= 0.6 is 23.1 Å². The molecule has 1 amide bonds. The number of nitrogens with one attached hydrogen (secondary N) is 1. The quantitative estimate of drug-likeness (QED) is 0.259. The highest BCUT2D eigenvalue weighted by Gasteiger charge is 2.30. The van der Waals surface area contributed by atoms with Gasteiger partial charge in [0.25, 0.3) is 5.91 Å². The summed E-state index contributed by atoms with van der Waals surface area (Å²) in [5.41, 5.74) is 2.98. The molecule has 36 heavy (non-hydrogen) atoms. The van der Waals surface area contributed by atoms with E-state index in [4.69, 9.17) is 5.11 Å². The fourth-order valence-corrected chi connectivity index (χ4v) is 6.57. The van der Waals surface area contributed by atoms with Crippen molar-refractivity contribution in [3.8, 4) is 11.1 Å². The third-order valence-electron chi connectivity index (χ3n) is 5.63. The molecule has 2 N–H and O–H groups in total. The molecule has 0 saturated carbocycles. The van der Waals surface area contributed by atoms with Crippen LogP contribution < -0.4 is 5.32 Å². The molecule has 0 aliphatic carbocycles. The van der Waals surface area contributed by atoms with Gasteiger partial charge in [-0.25, -0.2) is 0 Å². The first kappa shape index (κ1) is 27.8. The first-order valence-corrected chi connectivity index (χ1v) is 13.2. The summed E-state index contributed by atoms with van der Waals surface area (Å²) in [6, 6.07) is 13.1. The molecular formula is C27H28F3NO3S2. The molecule has 0 saturated heterocycles. The third-order valence-corrected chi connectivity index (χ3v) is 8.26. The van der Waals surface area contributed by atoms with Crippen LogP contribution in [0.25, 0.3) is 11.1 Å². The molecule has 1 heterocycles. The average Bonchev–Trinajstić information content (AvgIpc) is 3.28. The zero-order chi connectivity index (χ0) is 26.5. The molecule has 192 valence electrons. The highest BCUT2D eigenvalue weighted by Crippen LogP contribution is 2.43. The zero-order valence-corrected chi connectivity index (χ0v) is 21.9. The van der Waals surface area contributed by atoms with E-state index in [1.165, 1.54) is 23.5 Å². The van der Waals surface area contributed by atoms with Crippen LogP contribution in [0, 0.1) is 13.8 Å². The minimum Gasteiger partial charge on any atom is -0.481 e. The van der Waals surface area contributed by atoms with Crippen LogP contribution in [0.2, 0.25) is 0 Å². The van der Waals surface area contributed by atoms with Gasteiger partial charge in [0.05, 0.1) is 16.9 Å². The normalized spacial score (nSPS) is 12.4. The van der Waals surface area contributed by atoms with Crippen LogP contribution in [0.4, 0.5) is 13.2 Å². The summed E-state index contributed by atoms with van der Waals surface area (Å²) < 4.78 is 38.8. The minimum absolute atomic E-state index is 0.0817. The van der Waals surface area contributed by atoms with Gasteiger partial charge in [-0.15, -0.1) is 23.1 Å². The number of amides is 1. The summed E-state index contributed by atoms with van der Waals surface area (Å²) >= 11 is 3.11. The Morgan fingerprint density at radius 2 is 1.69 bits per heavy atom. The monoisotopic (exact) mass is 535 g/mol. The van der Waals surface area contributed by atoms with Crippen molar-refractivity contribution in [2.75, 3.05) is 6.54 Å². The number of aryl methyl sites for hydroxylation is 2. The summed E-state index contributed by atoms with van der Waals surface area (Å²) in [5, 5.41) is 11.5. The molecule has 1 atom stereocenters. The van der Waals surface area contributed by atoms with E-state index in [1.807, 2.05) is 19.9 Å². The molecule has 0 bridgehead atoms. The molecule has 0 aliphatic heterocycles. The number of halogens is 3. The number of hydrogen-bond donors (Lipinski definition) is 2. The number of alkyl halides is 3. The second-order valence-electron chi connectivity index (χ2n) is 8.50. The number of thioether (sulfide) groups is 1. The summed E-state index contributed by atoms with van der Waals surface area (Å²) in [6.07, 6.45) is -2.63. The predicted octanol–water partition coefficient (Wildman–Crippen LogP) is 7.89. The van der Waals surface area contributed by atoms with Gasteiger partial charge >= 0.3 is 12.1 Å². The maximum Gasteiger partial charge on any atom is 0.416 e. The van der Waals surface area contributed by atoms with Crippen molar-refractivity contribution in [1.29, 1.82) is 0 Å². The first-order valence-electron chi connectivity index (χ1n) is 11.5. The van der Waals surface area contributed by atoms with Gasteiger partial charge in [-0.05, 0) is 78.9 Å². The summed E-state index contributed by atoms with van der Waals surface area (Å²) in [6.45, 7) is 6.11.